The molecule has 1 heterocycles. The van der Waals surface area contributed by atoms with E-state index in [9.17, 15) is 0 Å². The summed E-state index contributed by atoms with van der Waals surface area (Å²) >= 11 is 0. The maximum absolute atomic E-state index is 4.76. The molecule has 1 aliphatic rings. The number of hydrogen-bond donors (Lipinski definition) is 0. The molecule has 7 rings (SSSR count). The van der Waals surface area contributed by atoms with Crippen molar-refractivity contribution in [1.29, 1.82) is 0 Å². The highest BCUT2D eigenvalue weighted by Crippen LogP contribution is 2.49. The second-order valence-corrected chi connectivity index (χ2v) is 11.0. The highest BCUT2D eigenvalue weighted by molar-refractivity contribution is 5.84. The van der Waals surface area contributed by atoms with E-state index >= 15 is 0 Å². The second kappa shape index (κ2) is 9.39. The lowest BCUT2D eigenvalue weighted by molar-refractivity contribution is 0.660. The molecule has 0 radical (unpaired) electrons. The Morgan fingerprint density at radius 2 is 0.950 bits per heavy atom. The predicted molar refractivity (Wildman–Crippen MR) is 164 cm³/mol. The van der Waals surface area contributed by atoms with Gasteiger partial charge in [0.15, 0.2) is 11.6 Å². The third kappa shape index (κ3) is 4.11. The summed E-state index contributed by atoms with van der Waals surface area (Å²) in [5.74, 6) is 2.09. The van der Waals surface area contributed by atoms with Gasteiger partial charge < -0.3 is 0 Å². The molecule has 0 saturated carbocycles. The minimum atomic E-state index is -0.0108. The first kappa shape index (κ1) is 24.2. The van der Waals surface area contributed by atoms with Gasteiger partial charge in [0.2, 0.25) is 0 Å². The zero-order chi connectivity index (χ0) is 27.3. The molecule has 0 aliphatic heterocycles. The Hall–Kier alpha value is -4.89. The van der Waals surface area contributed by atoms with Crippen LogP contribution in [0.1, 0.15) is 30.8 Å². The third-order valence-corrected chi connectivity index (χ3v) is 8.04. The maximum atomic E-state index is 4.76. The van der Waals surface area contributed by atoms with Crippen LogP contribution in [-0.2, 0) is 5.41 Å². The molecule has 3 heteroatoms. The van der Waals surface area contributed by atoms with Crippen LogP contribution in [0.4, 0.5) is 0 Å². The molecule has 1 aliphatic carbocycles. The van der Waals surface area contributed by atoms with Gasteiger partial charge in [-0.25, -0.2) is 15.0 Å². The molecule has 192 valence electrons. The normalized spacial score (nSPS) is 13.1. The quantitative estimate of drug-likeness (QED) is 0.235. The average Bonchev–Trinajstić information content (AvgIpc) is 3.23. The second-order valence-electron chi connectivity index (χ2n) is 11.0. The largest absolute Gasteiger partial charge is 0.213 e. The summed E-state index contributed by atoms with van der Waals surface area (Å²) in [6.45, 7) is 6.57. The van der Waals surface area contributed by atoms with Gasteiger partial charge in [0, 0.05) is 16.5 Å². The molecular formula is C37H29N3. The molecule has 0 atom stereocenters. The molecule has 0 amide bonds. The Morgan fingerprint density at radius 1 is 0.425 bits per heavy atom. The lowest BCUT2D eigenvalue weighted by Crippen LogP contribution is -2.14. The Kier molecular flexibility index (Phi) is 5.67. The average molecular weight is 516 g/mol. The first-order valence-electron chi connectivity index (χ1n) is 13.7. The van der Waals surface area contributed by atoms with Crippen LogP contribution < -0.4 is 0 Å². The van der Waals surface area contributed by atoms with E-state index in [0.29, 0.717) is 17.5 Å². The maximum Gasteiger partial charge on any atom is 0.163 e. The van der Waals surface area contributed by atoms with Crippen LogP contribution in [0, 0.1) is 6.92 Å². The van der Waals surface area contributed by atoms with Gasteiger partial charge in [-0.2, -0.15) is 0 Å². The van der Waals surface area contributed by atoms with E-state index in [2.05, 4.69) is 115 Å². The Labute approximate surface area is 235 Å². The van der Waals surface area contributed by atoms with E-state index in [0.717, 1.165) is 16.7 Å². The summed E-state index contributed by atoms with van der Waals surface area (Å²) in [5, 5.41) is 0. The number of aryl methyl sites for hydroxylation is 1. The zero-order valence-electron chi connectivity index (χ0n) is 22.9. The van der Waals surface area contributed by atoms with Gasteiger partial charge in [-0.05, 0) is 63.6 Å². The number of benzene rings is 5. The van der Waals surface area contributed by atoms with E-state index in [1.807, 2.05) is 37.3 Å². The van der Waals surface area contributed by atoms with Crippen LogP contribution in [0.25, 0.3) is 56.2 Å². The van der Waals surface area contributed by atoms with Crippen molar-refractivity contribution in [3.05, 3.63) is 138 Å². The van der Waals surface area contributed by atoms with Gasteiger partial charge in [0.1, 0.15) is 5.82 Å². The molecule has 0 fully saturated rings. The fraction of sp³-hybridized carbons (Fsp3) is 0.108. The molecule has 0 spiro atoms. The van der Waals surface area contributed by atoms with Crippen molar-refractivity contribution in [2.24, 2.45) is 0 Å². The smallest absolute Gasteiger partial charge is 0.163 e. The van der Waals surface area contributed by atoms with Crippen LogP contribution in [0.15, 0.2) is 121 Å². The van der Waals surface area contributed by atoms with Gasteiger partial charge >= 0.3 is 0 Å². The van der Waals surface area contributed by atoms with Crippen LogP contribution in [0.2, 0.25) is 0 Å². The Bertz CT molecular complexity index is 1870. The van der Waals surface area contributed by atoms with Crippen LogP contribution in [-0.4, -0.2) is 15.0 Å². The van der Waals surface area contributed by atoms with E-state index in [1.54, 1.807) is 0 Å². The summed E-state index contributed by atoms with van der Waals surface area (Å²) in [6.07, 6.45) is 0. The molecule has 3 nitrogen and oxygen atoms in total. The molecule has 0 unspecified atom stereocenters. The van der Waals surface area contributed by atoms with Crippen LogP contribution in [0.3, 0.4) is 0 Å². The zero-order valence-corrected chi connectivity index (χ0v) is 22.9. The summed E-state index contributed by atoms with van der Waals surface area (Å²) in [7, 11) is 0. The van der Waals surface area contributed by atoms with E-state index in [1.165, 1.54) is 38.9 Å². The summed E-state index contributed by atoms with van der Waals surface area (Å²) in [4.78, 5) is 13.9. The first-order chi connectivity index (χ1) is 19.5. The highest BCUT2D eigenvalue weighted by atomic mass is 15.0. The molecule has 0 N–H and O–H groups in total. The number of aromatic nitrogens is 3. The monoisotopic (exact) mass is 515 g/mol. The summed E-state index contributed by atoms with van der Waals surface area (Å²) < 4.78 is 0. The summed E-state index contributed by atoms with van der Waals surface area (Å²) in [6, 6.07) is 43.1. The number of nitrogens with zero attached hydrogens (tertiary/aromatic N) is 3. The van der Waals surface area contributed by atoms with Gasteiger partial charge in [-0.3, -0.25) is 0 Å². The van der Waals surface area contributed by atoms with Gasteiger partial charge in [-0.1, -0.05) is 123 Å². The minimum absolute atomic E-state index is 0.0108. The summed E-state index contributed by atoms with van der Waals surface area (Å²) in [5.41, 5.74) is 12.3. The van der Waals surface area contributed by atoms with Crippen molar-refractivity contribution in [2.75, 3.05) is 0 Å². The molecule has 40 heavy (non-hydrogen) atoms. The highest BCUT2D eigenvalue weighted by Gasteiger charge is 2.35. The van der Waals surface area contributed by atoms with Crippen molar-refractivity contribution in [3.63, 3.8) is 0 Å². The number of fused-ring (bicyclic) bond motifs is 3. The van der Waals surface area contributed by atoms with Crippen molar-refractivity contribution in [1.82, 2.24) is 15.0 Å². The van der Waals surface area contributed by atoms with Crippen molar-refractivity contribution < 1.29 is 0 Å². The van der Waals surface area contributed by atoms with Gasteiger partial charge in [0.05, 0.1) is 0 Å². The molecule has 0 bridgehead atoms. The standard InChI is InChI=1S/C37H29N3/c1-24-38-35(26-10-5-4-6-11-26)40-36(39-24)27-18-16-25(17-19-27)28-12-9-13-29(22-28)30-20-21-32-31-14-7-8-15-33(31)37(2,3)34(32)23-30/h4-23H,1-3H3. The molecular weight excluding hydrogens is 486 g/mol. The molecule has 0 saturated heterocycles. The fourth-order valence-electron chi connectivity index (χ4n) is 5.90. The lowest BCUT2D eigenvalue weighted by Gasteiger charge is -2.22. The molecule has 5 aromatic carbocycles. The lowest BCUT2D eigenvalue weighted by atomic mass is 9.81. The fourth-order valence-corrected chi connectivity index (χ4v) is 5.90. The van der Waals surface area contributed by atoms with Gasteiger partial charge in [0.25, 0.3) is 0 Å². The van der Waals surface area contributed by atoms with E-state index in [4.69, 9.17) is 4.98 Å². The minimum Gasteiger partial charge on any atom is -0.213 e. The van der Waals surface area contributed by atoms with E-state index in [-0.39, 0.29) is 5.41 Å². The Balaban J connectivity index is 1.20. The number of rotatable bonds is 4. The molecule has 6 aromatic rings. The topological polar surface area (TPSA) is 38.7 Å². The SMILES string of the molecule is Cc1nc(-c2ccccc2)nc(-c2ccc(-c3cccc(-c4ccc5c(c4)C(C)(C)c4ccccc4-5)c3)cc2)n1. The van der Waals surface area contributed by atoms with Crippen LogP contribution >= 0.6 is 0 Å². The van der Waals surface area contributed by atoms with Crippen molar-refractivity contribution in [3.8, 4) is 56.2 Å². The molecule has 1 aromatic heterocycles. The van der Waals surface area contributed by atoms with Crippen molar-refractivity contribution in [2.45, 2.75) is 26.2 Å². The predicted octanol–water partition coefficient (Wildman–Crippen LogP) is 9.15. The van der Waals surface area contributed by atoms with Gasteiger partial charge in [-0.15, -0.1) is 0 Å². The number of hydrogen-bond acceptors (Lipinski definition) is 3. The van der Waals surface area contributed by atoms with E-state index < -0.39 is 0 Å². The Morgan fingerprint density at radius 3 is 1.70 bits per heavy atom. The van der Waals surface area contributed by atoms with Crippen molar-refractivity contribution >= 4 is 0 Å². The third-order valence-electron chi connectivity index (χ3n) is 8.04. The van der Waals surface area contributed by atoms with Crippen LogP contribution in [0.5, 0.6) is 0 Å². The first-order valence-corrected chi connectivity index (χ1v) is 13.7.